The van der Waals surface area contributed by atoms with Crippen LogP contribution in [0.15, 0.2) is 23.3 Å². The van der Waals surface area contributed by atoms with E-state index in [1.807, 2.05) is 23.5 Å². The van der Waals surface area contributed by atoms with Crippen LogP contribution in [-0.2, 0) is 18.9 Å². The van der Waals surface area contributed by atoms with Crippen molar-refractivity contribution in [3.05, 3.63) is 23.3 Å². The first kappa shape index (κ1) is 16.5. The van der Waals surface area contributed by atoms with Crippen LogP contribution in [0.2, 0.25) is 0 Å². The Morgan fingerprint density at radius 1 is 0.739 bits per heavy atom. The highest BCUT2D eigenvalue weighted by Gasteiger charge is 2.43. The molecule has 128 valence electrons. The molecule has 2 saturated heterocycles. The molecule has 4 heterocycles. The van der Waals surface area contributed by atoms with Crippen LogP contribution < -0.4 is 0 Å². The third-order valence-corrected chi connectivity index (χ3v) is 6.77. The van der Waals surface area contributed by atoms with Gasteiger partial charge in [-0.15, -0.1) is 0 Å². The molecule has 4 rings (SSSR count). The third-order valence-electron chi connectivity index (χ3n) is 4.64. The van der Waals surface area contributed by atoms with E-state index < -0.39 is 0 Å². The molecule has 4 aliphatic heterocycles. The molecule has 0 saturated carbocycles. The van der Waals surface area contributed by atoms with E-state index in [1.165, 1.54) is 22.7 Å². The summed E-state index contributed by atoms with van der Waals surface area (Å²) in [7, 11) is 0. The average Bonchev–Trinajstić information content (AvgIpc) is 2.65. The topological polar surface area (TPSA) is 36.9 Å². The number of thioether (sulfide) groups is 2. The summed E-state index contributed by atoms with van der Waals surface area (Å²) in [6.07, 6.45) is 6.46. The number of hydrogen-bond donors (Lipinski definition) is 0. The molecule has 0 radical (unpaired) electrons. The SMILES string of the molecule is C1=C(C2OCC3(CO2)COC(C2=CCCSC2)OC3)CSCC1. The Bertz CT molecular complexity index is 427. The van der Waals surface area contributed by atoms with Gasteiger partial charge in [0.05, 0.1) is 31.8 Å². The van der Waals surface area contributed by atoms with Gasteiger partial charge in [-0.1, -0.05) is 12.2 Å². The minimum Gasteiger partial charge on any atom is -0.348 e. The van der Waals surface area contributed by atoms with Gasteiger partial charge in [0.15, 0.2) is 12.6 Å². The molecule has 6 heteroatoms. The Kier molecular flexibility index (Phi) is 5.38. The van der Waals surface area contributed by atoms with Crippen molar-refractivity contribution in [2.75, 3.05) is 49.4 Å². The normalized spacial score (nSPS) is 39.0. The van der Waals surface area contributed by atoms with Crippen molar-refractivity contribution in [3.8, 4) is 0 Å². The molecule has 0 unspecified atom stereocenters. The number of allylic oxidation sites excluding steroid dienone is 2. The van der Waals surface area contributed by atoms with Crippen molar-refractivity contribution in [2.45, 2.75) is 25.4 Å². The van der Waals surface area contributed by atoms with Gasteiger partial charge >= 0.3 is 0 Å². The number of ether oxygens (including phenoxy) is 4. The maximum atomic E-state index is 6.01. The van der Waals surface area contributed by atoms with E-state index in [2.05, 4.69) is 12.2 Å². The van der Waals surface area contributed by atoms with Crippen LogP contribution in [0.5, 0.6) is 0 Å². The van der Waals surface area contributed by atoms with Crippen LogP contribution in [-0.4, -0.2) is 62.0 Å². The number of rotatable bonds is 2. The quantitative estimate of drug-likeness (QED) is 0.708. The van der Waals surface area contributed by atoms with Crippen molar-refractivity contribution in [3.63, 3.8) is 0 Å². The highest BCUT2D eigenvalue weighted by molar-refractivity contribution is 7.99. The van der Waals surface area contributed by atoms with E-state index in [-0.39, 0.29) is 18.0 Å². The van der Waals surface area contributed by atoms with E-state index >= 15 is 0 Å². The fraction of sp³-hybridized carbons (Fsp3) is 0.765. The van der Waals surface area contributed by atoms with Crippen molar-refractivity contribution in [1.82, 2.24) is 0 Å². The van der Waals surface area contributed by atoms with Gasteiger partial charge in [0.2, 0.25) is 0 Å². The molecule has 0 aromatic heterocycles. The lowest BCUT2D eigenvalue weighted by atomic mass is 9.90. The highest BCUT2D eigenvalue weighted by Crippen LogP contribution is 2.35. The smallest absolute Gasteiger partial charge is 0.180 e. The lowest BCUT2D eigenvalue weighted by Crippen LogP contribution is -2.53. The summed E-state index contributed by atoms with van der Waals surface area (Å²) in [5.41, 5.74) is 2.43. The standard InChI is InChI=1S/C17H24O4S2/c1-3-13(7-22-5-1)15-18-9-17(10-19-15)11-20-16(21-12-17)14-4-2-6-23-8-14/h3-4,15-16H,1-2,5-12H2. The number of hydrogen-bond acceptors (Lipinski definition) is 6. The molecular formula is C17H24O4S2. The van der Waals surface area contributed by atoms with Gasteiger partial charge in [-0.25, -0.2) is 0 Å². The molecule has 0 aliphatic carbocycles. The van der Waals surface area contributed by atoms with E-state index in [0.29, 0.717) is 26.4 Å². The van der Waals surface area contributed by atoms with Gasteiger partial charge in [0.1, 0.15) is 0 Å². The zero-order valence-corrected chi connectivity index (χ0v) is 15.0. The molecule has 1 spiro atoms. The van der Waals surface area contributed by atoms with Gasteiger partial charge in [-0.2, -0.15) is 23.5 Å². The van der Waals surface area contributed by atoms with Gasteiger partial charge < -0.3 is 18.9 Å². The first-order valence-corrected chi connectivity index (χ1v) is 10.7. The molecule has 23 heavy (non-hydrogen) atoms. The third kappa shape index (κ3) is 3.83. The van der Waals surface area contributed by atoms with Crippen LogP contribution in [0.4, 0.5) is 0 Å². The molecular weight excluding hydrogens is 332 g/mol. The first-order chi connectivity index (χ1) is 11.3. The largest absolute Gasteiger partial charge is 0.348 e. The second-order valence-corrected chi connectivity index (χ2v) is 8.86. The molecule has 2 fully saturated rings. The maximum absolute atomic E-state index is 6.01. The summed E-state index contributed by atoms with van der Waals surface area (Å²) < 4.78 is 24.0. The summed E-state index contributed by atoms with van der Waals surface area (Å²) in [5.74, 6) is 4.46. The van der Waals surface area contributed by atoms with Gasteiger partial charge in [-0.3, -0.25) is 0 Å². The summed E-state index contributed by atoms with van der Waals surface area (Å²) in [5, 5.41) is 0. The fourth-order valence-electron chi connectivity index (χ4n) is 3.27. The highest BCUT2D eigenvalue weighted by atomic mass is 32.2. The lowest BCUT2D eigenvalue weighted by Gasteiger charge is -2.44. The molecule has 0 bridgehead atoms. The van der Waals surface area contributed by atoms with Crippen LogP contribution in [0.3, 0.4) is 0 Å². The van der Waals surface area contributed by atoms with E-state index in [9.17, 15) is 0 Å². The van der Waals surface area contributed by atoms with Crippen LogP contribution >= 0.6 is 23.5 Å². The van der Waals surface area contributed by atoms with Crippen molar-refractivity contribution in [1.29, 1.82) is 0 Å². The monoisotopic (exact) mass is 356 g/mol. The predicted octanol–water partition coefficient (Wildman–Crippen LogP) is 2.85. The molecule has 0 N–H and O–H groups in total. The summed E-state index contributed by atoms with van der Waals surface area (Å²) >= 11 is 3.91. The van der Waals surface area contributed by atoms with Crippen molar-refractivity contribution < 1.29 is 18.9 Å². The van der Waals surface area contributed by atoms with Crippen LogP contribution in [0.1, 0.15) is 12.8 Å². The summed E-state index contributed by atoms with van der Waals surface area (Å²) in [6, 6.07) is 0. The zero-order chi connectivity index (χ0) is 15.5. The van der Waals surface area contributed by atoms with E-state index in [0.717, 1.165) is 24.3 Å². The maximum Gasteiger partial charge on any atom is 0.180 e. The second kappa shape index (κ2) is 7.50. The van der Waals surface area contributed by atoms with E-state index in [4.69, 9.17) is 18.9 Å². The first-order valence-electron chi connectivity index (χ1n) is 8.34. The van der Waals surface area contributed by atoms with E-state index in [1.54, 1.807) is 0 Å². The summed E-state index contributed by atoms with van der Waals surface area (Å²) in [6.45, 7) is 2.61. The Balaban J connectivity index is 1.30. The average molecular weight is 357 g/mol. The molecule has 0 atom stereocenters. The van der Waals surface area contributed by atoms with Crippen LogP contribution in [0, 0.1) is 5.41 Å². The molecule has 4 nitrogen and oxygen atoms in total. The van der Waals surface area contributed by atoms with Gasteiger partial charge in [-0.05, 0) is 35.5 Å². The minimum absolute atomic E-state index is 0.141. The lowest BCUT2D eigenvalue weighted by molar-refractivity contribution is -0.287. The molecule has 0 amide bonds. The van der Waals surface area contributed by atoms with Gasteiger partial charge in [0.25, 0.3) is 0 Å². The minimum atomic E-state index is -0.163. The predicted molar refractivity (Wildman–Crippen MR) is 93.9 cm³/mol. The second-order valence-electron chi connectivity index (χ2n) is 6.65. The molecule has 0 aromatic carbocycles. The zero-order valence-electron chi connectivity index (χ0n) is 13.3. The van der Waals surface area contributed by atoms with Crippen molar-refractivity contribution >= 4 is 23.5 Å². The fourth-order valence-corrected chi connectivity index (χ4v) is 5.10. The Morgan fingerprint density at radius 3 is 1.52 bits per heavy atom. The Labute approximate surface area is 146 Å². The molecule has 0 aromatic rings. The Morgan fingerprint density at radius 2 is 1.17 bits per heavy atom. The van der Waals surface area contributed by atoms with Crippen LogP contribution in [0.25, 0.3) is 0 Å². The van der Waals surface area contributed by atoms with Crippen molar-refractivity contribution in [2.24, 2.45) is 5.41 Å². The Hall–Kier alpha value is 0.0200. The van der Waals surface area contributed by atoms with Gasteiger partial charge in [0, 0.05) is 11.5 Å². The summed E-state index contributed by atoms with van der Waals surface area (Å²) in [4.78, 5) is 0. The molecule has 4 aliphatic rings.